The van der Waals surface area contributed by atoms with Gasteiger partial charge in [-0.3, -0.25) is 4.79 Å². The zero-order valence-corrected chi connectivity index (χ0v) is 22.4. The number of carbonyl (C=O) groups excluding carboxylic acids is 2. The summed E-state index contributed by atoms with van der Waals surface area (Å²) in [6, 6.07) is 9.13. The van der Waals surface area contributed by atoms with E-state index < -0.39 is 27.3 Å². The lowest BCUT2D eigenvalue weighted by Gasteiger charge is -2.33. The van der Waals surface area contributed by atoms with Crippen LogP contribution >= 0.6 is 11.6 Å². The molecular formula is C26H25ClFN3O7S. The molecule has 2 atom stereocenters. The zero-order chi connectivity index (χ0) is 27.7. The van der Waals surface area contributed by atoms with Gasteiger partial charge < -0.3 is 24.1 Å². The smallest absolute Gasteiger partial charge is 0.410 e. The largest absolute Gasteiger partial charge is 0.489 e. The van der Waals surface area contributed by atoms with Crippen molar-refractivity contribution < 1.29 is 36.3 Å². The monoisotopic (exact) mass is 577 g/mol. The van der Waals surface area contributed by atoms with Crippen LogP contribution in [0, 0.1) is 5.82 Å². The Hall–Kier alpha value is -3.64. The molecule has 5 rings (SSSR count). The van der Waals surface area contributed by atoms with Gasteiger partial charge >= 0.3 is 6.09 Å². The normalized spacial score (nSPS) is 18.9. The average Bonchev–Trinajstić information content (AvgIpc) is 3.49. The number of benzene rings is 2. The highest BCUT2D eigenvalue weighted by Crippen LogP contribution is 2.36. The van der Waals surface area contributed by atoms with Crippen molar-refractivity contribution in [2.24, 2.45) is 0 Å². The molecule has 0 unspecified atom stereocenters. The molecule has 2 aliphatic rings. The van der Waals surface area contributed by atoms with Crippen LogP contribution in [0.1, 0.15) is 34.7 Å². The highest BCUT2D eigenvalue weighted by Gasteiger charge is 2.39. The number of cyclic esters (lactones) is 1. The van der Waals surface area contributed by atoms with Crippen LogP contribution < -0.4 is 10.1 Å². The Morgan fingerprint density at radius 3 is 2.79 bits per heavy atom. The summed E-state index contributed by atoms with van der Waals surface area (Å²) in [5.41, 5.74) is 0.715. The van der Waals surface area contributed by atoms with Crippen LogP contribution in [0.3, 0.4) is 0 Å². The number of piperidine rings is 1. The SMILES string of the molecule is CS(=O)(=O)Cc1ncc(-c2cc(F)c(C(=O)NCc3ccc(Cl)cc3)cc2O[C@H]2CCN3C(=O)OC[C@@H]3C2)o1. The molecule has 0 radical (unpaired) electrons. The zero-order valence-electron chi connectivity index (χ0n) is 20.9. The van der Waals surface area contributed by atoms with Crippen LogP contribution in [0.5, 0.6) is 5.75 Å². The standard InChI is InChI=1S/C26H25ClFN3O7S/c1-39(34,35)14-24-29-12-23(38-24)20-9-21(28)19(25(32)30-11-15-2-4-16(27)5-3-15)10-22(20)37-18-6-7-31-17(8-18)13-36-26(31)33/h2-5,9-10,12,17-18H,6-8,11,13-14H2,1H3,(H,30,32)/t17-,18-/m0/s1. The lowest BCUT2D eigenvalue weighted by atomic mass is 10.0. The number of aromatic nitrogens is 1. The van der Waals surface area contributed by atoms with Crippen LogP contribution in [0.25, 0.3) is 11.3 Å². The Morgan fingerprint density at radius 1 is 1.28 bits per heavy atom. The molecule has 1 N–H and O–H groups in total. The van der Waals surface area contributed by atoms with Crippen molar-refractivity contribution in [2.45, 2.75) is 37.3 Å². The van der Waals surface area contributed by atoms with Crippen LogP contribution in [-0.2, 0) is 26.9 Å². The molecule has 2 amide bonds. The molecule has 13 heteroatoms. The Balaban J connectivity index is 1.42. The minimum absolute atomic E-state index is 0.0569. The van der Waals surface area contributed by atoms with Crippen molar-refractivity contribution in [3.63, 3.8) is 0 Å². The van der Waals surface area contributed by atoms with Gasteiger partial charge in [-0.1, -0.05) is 23.7 Å². The quantitative estimate of drug-likeness (QED) is 0.426. The summed E-state index contributed by atoms with van der Waals surface area (Å²) in [6.45, 7) is 0.836. The van der Waals surface area contributed by atoms with Crippen molar-refractivity contribution >= 4 is 33.4 Å². The molecule has 39 heavy (non-hydrogen) atoms. The van der Waals surface area contributed by atoms with E-state index in [1.807, 2.05) is 0 Å². The molecule has 206 valence electrons. The predicted octanol–water partition coefficient (Wildman–Crippen LogP) is 3.97. The maximum atomic E-state index is 15.3. The van der Waals surface area contributed by atoms with Crippen molar-refractivity contribution in [1.29, 1.82) is 0 Å². The number of sulfone groups is 1. The summed E-state index contributed by atoms with van der Waals surface area (Å²) in [7, 11) is -3.42. The maximum Gasteiger partial charge on any atom is 0.410 e. The summed E-state index contributed by atoms with van der Waals surface area (Å²) < 4.78 is 55.6. The molecule has 0 aliphatic carbocycles. The van der Waals surface area contributed by atoms with Gasteiger partial charge in [-0.2, -0.15) is 0 Å². The summed E-state index contributed by atoms with van der Waals surface area (Å²) in [6.07, 6.45) is 2.60. The maximum absolute atomic E-state index is 15.3. The Morgan fingerprint density at radius 2 is 2.05 bits per heavy atom. The van der Waals surface area contributed by atoms with E-state index >= 15 is 4.39 Å². The first-order valence-corrected chi connectivity index (χ1v) is 14.6. The molecule has 2 aliphatic heterocycles. The van der Waals surface area contributed by atoms with E-state index in [1.54, 1.807) is 29.2 Å². The van der Waals surface area contributed by atoms with Gasteiger partial charge in [-0.05, 0) is 29.8 Å². The molecule has 3 aromatic rings. The van der Waals surface area contributed by atoms with Gasteiger partial charge in [0.2, 0.25) is 5.89 Å². The highest BCUT2D eigenvalue weighted by atomic mass is 35.5. The molecule has 0 spiro atoms. The number of rotatable bonds is 8. The Bertz CT molecular complexity index is 1510. The van der Waals surface area contributed by atoms with Gasteiger partial charge in [-0.25, -0.2) is 22.6 Å². The number of hydrogen-bond acceptors (Lipinski definition) is 8. The fourth-order valence-corrected chi connectivity index (χ4v) is 5.28. The van der Waals surface area contributed by atoms with E-state index in [-0.39, 0.29) is 59.9 Å². The fraction of sp³-hybridized carbons (Fsp3) is 0.346. The van der Waals surface area contributed by atoms with E-state index in [0.29, 0.717) is 24.4 Å². The van der Waals surface area contributed by atoms with Crippen LogP contribution in [0.2, 0.25) is 5.02 Å². The molecule has 0 bridgehead atoms. The average molecular weight is 578 g/mol. The topological polar surface area (TPSA) is 128 Å². The van der Waals surface area contributed by atoms with Crippen molar-refractivity contribution in [1.82, 2.24) is 15.2 Å². The second-order valence-corrected chi connectivity index (χ2v) is 12.1. The van der Waals surface area contributed by atoms with E-state index in [9.17, 15) is 18.0 Å². The Kier molecular flexibility index (Phi) is 7.50. The molecule has 2 aromatic carbocycles. The van der Waals surface area contributed by atoms with Gasteiger partial charge in [0.15, 0.2) is 15.6 Å². The molecule has 2 fully saturated rings. The van der Waals surface area contributed by atoms with Crippen molar-refractivity contribution in [2.75, 3.05) is 19.4 Å². The summed E-state index contributed by atoms with van der Waals surface area (Å²) in [5, 5.41) is 3.25. The molecule has 10 nitrogen and oxygen atoms in total. The minimum atomic E-state index is -3.42. The number of amides is 2. The van der Waals surface area contributed by atoms with Crippen LogP contribution in [0.15, 0.2) is 47.0 Å². The third kappa shape index (κ3) is 6.34. The van der Waals surface area contributed by atoms with Crippen molar-refractivity contribution in [3.8, 4) is 17.1 Å². The number of fused-ring (bicyclic) bond motifs is 1. The number of ether oxygens (including phenoxy) is 2. The predicted molar refractivity (Wildman–Crippen MR) is 139 cm³/mol. The van der Waals surface area contributed by atoms with Gasteiger partial charge in [0.25, 0.3) is 5.91 Å². The van der Waals surface area contributed by atoms with Gasteiger partial charge in [-0.15, -0.1) is 0 Å². The first-order chi connectivity index (χ1) is 18.6. The number of oxazole rings is 1. The summed E-state index contributed by atoms with van der Waals surface area (Å²) in [4.78, 5) is 30.5. The Labute approximate surface area is 229 Å². The second-order valence-electron chi connectivity index (χ2n) is 9.51. The second kappa shape index (κ2) is 10.9. The first-order valence-electron chi connectivity index (χ1n) is 12.1. The molecule has 0 saturated carbocycles. The van der Waals surface area contributed by atoms with E-state index in [1.165, 1.54) is 12.3 Å². The highest BCUT2D eigenvalue weighted by molar-refractivity contribution is 7.89. The number of hydrogen-bond donors (Lipinski definition) is 1. The number of halogens is 2. The van der Waals surface area contributed by atoms with Gasteiger partial charge in [0.05, 0.1) is 23.4 Å². The van der Waals surface area contributed by atoms with E-state index in [0.717, 1.165) is 17.9 Å². The summed E-state index contributed by atoms with van der Waals surface area (Å²) in [5.74, 6) is -1.70. The fourth-order valence-electron chi connectivity index (χ4n) is 4.57. The first kappa shape index (κ1) is 26.9. The van der Waals surface area contributed by atoms with Gasteiger partial charge in [0.1, 0.15) is 30.0 Å². The molecule has 3 heterocycles. The van der Waals surface area contributed by atoms with Gasteiger partial charge in [0, 0.05) is 37.2 Å². The number of carbonyl (C=O) groups is 2. The van der Waals surface area contributed by atoms with Crippen LogP contribution in [-0.4, -0.2) is 61.9 Å². The number of nitrogens with one attached hydrogen (secondary N) is 1. The van der Waals surface area contributed by atoms with E-state index in [2.05, 4.69) is 10.3 Å². The lowest BCUT2D eigenvalue weighted by Crippen LogP contribution is -2.44. The van der Waals surface area contributed by atoms with Crippen LogP contribution in [0.4, 0.5) is 9.18 Å². The third-order valence-corrected chi connectivity index (χ3v) is 7.50. The number of nitrogens with zero attached hydrogens (tertiary/aromatic N) is 2. The summed E-state index contributed by atoms with van der Waals surface area (Å²) >= 11 is 5.90. The minimum Gasteiger partial charge on any atom is -0.489 e. The van der Waals surface area contributed by atoms with E-state index in [4.69, 9.17) is 25.5 Å². The third-order valence-electron chi connectivity index (χ3n) is 6.48. The van der Waals surface area contributed by atoms with Crippen molar-refractivity contribution in [3.05, 3.63) is 70.5 Å². The molecule has 2 saturated heterocycles. The molecule has 1 aromatic heterocycles. The lowest BCUT2D eigenvalue weighted by molar-refractivity contribution is 0.0914. The molecular weight excluding hydrogens is 553 g/mol.